The Kier molecular flexibility index (Phi) is 3.33. The van der Waals surface area contributed by atoms with E-state index in [1.165, 1.54) is 7.11 Å². The van der Waals surface area contributed by atoms with Crippen LogP contribution in [0.1, 0.15) is 42.7 Å². The maximum atomic E-state index is 11.4. The van der Waals surface area contributed by atoms with Crippen molar-refractivity contribution in [2.75, 3.05) is 7.11 Å². The predicted octanol–water partition coefficient (Wildman–Crippen LogP) is 2.42. The zero-order chi connectivity index (χ0) is 10.7. The van der Waals surface area contributed by atoms with Crippen LogP contribution in [0.15, 0.2) is 12.4 Å². The molecule has 14 heavy (non-hydrogen) atoms. The summed E-state index contributed by atoms with van der Waals surface area (Å²) in [5.41, 5.74) is 1.73. The summed E-state index contributed by atoms with van der Waals surface area (Å²) >= 11 is 0. The van der Waals surface area contributed by atoms with Crippen molar-refractivity contribution in [2.24, 2.45) is 0 Å². The highest BCUT2D eigenvalue weighted by atomic mass is 16.5. The molecule has 0 atom stereocenters. The molecule has 1 rings (SSSR count). The summed E-state index contributed by atoms with van der Waals surface area (Å²) < 4.78 is 6.75. The van der Waals surface area contributed by atoms with Gasteiger partial charge in [0.15, 0.2) is 0 Å². The number of rotatable bonds is 3. The summed E-state index contributed by atoms with van der Waals surface area (Å²) in [6.07, 6.45) is 4.72. The van der Waals surface area contributed by atoms with Gasteiger partial charge in [0.25, 0.3) is 0 Å². The number of hydrogen-bond acceptors (Lipinski definition) is 2. The number of carbonyl (C=O) groups is 1. The lowest BCUT2D eigenvalue weighted by atomic mass is 10.1. The molecule has 0 saturated carbocycles. The Morgan fingerprint density at radius 2 is 2.14 bits per heavy atom. The summed E-state index contributed by atoms with van der Waals surface area (Å²) in [7, 11) is 1.41. The summed E-state index contributed by atoms with van der Waals surface area (Å²) in [4.78, 5) is 11.4. The lowest BCUT2D eigenvalue weighted by Gasteiger charge is -2.04. The highest BCUT2D eigenvalue weighted by Crippen LogP contribution is 2.16. The third-order valence-corrected chi connectivity index (χ3v) is 2.31. The molecule has 0 radical (unpaired) electrons. The van der Waals surface area contributed by atoms with Crippen LogP contribution in [0.2, 0.25) is 0 Å². The molecule has 78 valence electrons. The van der Waals surface area contributed by atoms with Crippen LogP contribution in [-0.4, -0.2) is 17.6 Å². The first-order chi connectivity index (χ1) is 6.60. The normalized spacial score (nSPS) is 10.6. The number of aromatic nitrogens is 1. The minimum atomic E-state index is -0.249. The van der Waals surface area contributed by atoms with E-state index in [0.29, 0.717) is 11.6 Å². The van der Waals surface area contributed by atoms with Gasteiger partial charge in [-0.1, -0.05) is 6.92 Å². The molecule has 1 aromatic heterocycles. The molecule has 0 unspecified atom stereocenters. The fourth-order valence-electron chi connectivity index (χ4n) is 1.39. The zero-order valence-corrected chi connectivity index (χ0v) is 9.20. The fraction of sp³-hybridized carbons (Fsp3) is 0.545. The average molecular weight is 195 g/mol. The monoisotopic (exact) mass is 195 g/mol. The van der Waals surface area contributed by atoms with E-state index in [4.69, 9.17) is 4.74 Å². The number of ether oxygens (including phenoxy) is 1. The van der Waals surface area contributed by atoms with Gasteiger partial charge < -0.3 is 9.30 Å². The molecular formula is C11H17NO2. The standard InChI is InChI=1S/C11H17NO2/c1-5-9-6-12(8(2)3)7-10(9)11(13)14-4/h6-8H,5H2,1-4H3. The van der Waals surface area contributed by atoms with Crippen LogP contribution in [0.3, 0.4) is 0 Å². The van der Waals surface area contributed by atoms with Crippen LogP contribution in [0.25, 0.3) is 0 Å². The van der Waals surface area contributed by atoms with Crippen molar-refractivity contribution in [3.05, 3.63) is 23.5 Å². The smallest absolute Gasteiger partial charge is 0.339 e. The van der Waals surface area contributed by atoms with E-state index in [2.05, 4.69) is 13.8 Å². The van der Waals surface area contributed by atoms with Crippen molar-refractivity contribution >= 4 is 5.97 Å². The van der Waals surface area contributed by atoms with Gasteiger partial charge in [0.2, 0.25) is 0 Å². The molecule has 3 nitrogen and oxygen atoms in total. The maximum absolute atomic E-state index is 11.4. The number of nitrogens with zero attached hydrogens (tertiary/aromatic N) is 1. The Balaban J connectivity index is 3.08. The Morgan fingerprint density at radius 1 is 1.50 bits per heavy atom. The summed E-state index contributed by atoms with van der Waals surface area (Å²) in [5, 5.41) is 0. The van der Waals surface area contributed by atoms with Crippen molar-refractivity contribution in [2.45, 2.75) is 33.2 Å². The highest BCUT2D eigenvalue weighted by Gasteiger charge is 2.14. The molecule has 0 aliphatic heterocycles. The third kappa shape index (κ3) is 1.97. The van der Waals surface area contributed by atoms with Gasteiger partial charge in [-0.15, -0.1) is 0 Å². The van der Waals surface area contributed by atoms with Crippen molar-refractivity contribution in [3.8, 4) is 0 Å². The van der Waals surface area contributed by atoms with Crippen molar-refractivity contribution < 1.29 is 9.53 Å². The van der Waals surface area contributed by atoms with E-state index in [9.17, 15) is 4.79 Å². The summed E-state index contributed by atoms with van der Waals surface area (Å²) in [6.45, 7) is 6.20. The number of aryl methyl sites for hydroxylation is 1. The summed E-state index contributed by atoms with van der Waals surface area (Å²) in [5.74, 6) is -0.249. The van der Waals surface area contributed by atoms with Gasteiger partial charge in [0, 0.05) is 18.4 Å². The van der Waals surface area contributed by atoms with E-state index in [1.54, 1.807) is 0 Å². The molecule has 0 N–H and O–H groups in total. The van der Waals surface area contributed by atoms with Crippen molar-refractivity contribution in [1.29, 1.82) is 0 Å². The molecule has 1 aromatic rings. The van der Waals surface area contributed by atoms with Crippen LogP contribution in [-0.2, 0) is 11.2 Å². The van der Waals surface area contributed by atoms with Crippen molar-refractivity contribution in [3.63, 3.8) is 0 Å². The van der Waals surface area contributed by atoms with Gasteiger partial charge in [-0.2, -0.15) is 0 Å². The number of methoxy groups -OCH3 is 1. The largest absolute Gasteiger partial charge is 0.465 e. The molecule has 1 heterocycles. The Bertz CT molecular complexity index is 326. The molecule has 0 fully saturated rings. The van der Waals surface area contributed by atoms with E-state index in [1.807, 2.05) is 23.9 Å². The lowest BCUT2D eigenvalue weighted by Crippen LogP contribution is -2.02. The molecule has 0 spiro atoms. The molecule has 0 saturated heterocycles. The first-order valence-corrected chi connectivity index (χ1v) is 4.88. The first kappa shape index (κ1) is 10.8. The second-order valence-electron chi connectivity index (χ2n) is 3.58. The van der Waals surface area contributed by atoms with Crippen LogP contribution in [0, 0.1) is 0 Å². The summed E-state index contributed by atoms with van der Waals surface area (Å²) in [6, 6.07) is 0.374. The number of hydrogen-bond donors (Lipinski definition) is 0. The van der Waals surface area contributed by atoms with Crippen LogP contribution >= 0.6 is 0 Å². The third-order valence-electron chi connectivity index (χ3n) is 2.31. The maximum Gasteiger partial charge on any atom is 0.339 e. The SMILES string of the molecule is CCc1cn(C(C)C)cc1C(=O)OC. The van der Waals surface area contributed by atoms with Crippen LogP contribution < -0.4 is 0 Å². The van der Waals surface area contributed by atoms with E-state index >= 15 is 0 Å². The Hall–Kier alpha value is -1.25. The second-order valence-corrected chi connectivity index (χ2v) is 3.58. The molecule has 0 aliphatic rings. The molecule has 0 aromatic carbocycles. The fourth-order valence-corrected chi connectivity index (χ4v) is 1.39. The number of carbonyl (C=O) groups excluding carboxylic acids is 1. The van der Waals surface area contributed by atoms with Gasteiger partial charge in [-0.3, -0.25) is 0 Å². The second kappa shape index (κ2) is 4.31. The Labute approximate surface area is 84.7 Å². The van der Waals surface area contributed by atoms with E-state index < -0.39 is 0 Å². The number of esters is 1. The van der Waals surface area contributed by atoms with Gasteiger partial charge in [0.05, 0.1) is 12.7 Å². The quantitative estimate of drug-likeness (QED) is 0.693. The minimum absolute atomic E-state index is 0.249. The lowest BCUT2D eigenvalue weighted by molar-refractivity contribution is 0.0599. The van der Waals surface area contributed by atoms with E-state index in [0.717, 1.165) is 12.0 Å². The van der Waals surface area contributed by atoms with Gasteiger partial charge in [-0.05, 0) is 25.8 Å². The minimum Gasteiger partial charge on any atom is -0.465 e. The van der Waals surface area contributed by atoms with E-state index in [-0.39, 0.29) is 5.97 Å². The molecule has 3 heteroatoms. The Morgan fingerprint density at radius 3 is 2.57 bits per heavy atom. The highest BCUT2D eigenvalue weighted by molar-refractivity contribution is 5.90. The topological polar surface area (TPSA) is 31.2 Å². The molecule has 0 aliphatic carbocycles. The van der Waals surface area contributed by atoms with Gasteiger partial charge in [-0.25, -0.2) is 4.79 Å². The molecule has 0 bridgehead atoms. The van der Waals surface area contributed by atoms with Crippen LogP contribution in [0.5, 0.6) is 0 Å². The molecule has 0 amide bonds. The van der Waals surface area contributed by atoms with Gasteiger partial charge >= 0.3 is 5.97 Å². The van der Waals surface area contributed by atoms with Crippen molar-refractivity contribution in [1.82, 2.24) is 4.57 Å². The zero-order valence-electron chi connectivity index (χ0n) is 9.20. The van der Waals surface area contributed by atoms with Gasteiger partial charge in [0.1, 0.15) is 0 Å². The average Bonchev–Trinajstić information content (AvgIpc) is 2.60. The van der Waals surface area contributed by atoms with Crippen LogP contribution in [0.4, 0.5) is 0 Å². The predicted molar refractivity (Wildman–Crippen MR) is 55.5 cm³/mol. The first-order valence-electron chi connectivity index (χ1n) is 4.88. The molecular weight excluding hydrogens is 178 g/mol.